The van der Waals surface area contributed by atoms with Crippen molar-refractivity contribution in [2.24, 2.45) is 0 Å². The second-order valence-electron chi connectivity index (χ2n) is 6.31. The van der Waals surface area contributed by atoms with Crippen molar-refractivity contribution in [1.29, 1.82) is 0 Å². The van der Waals surface area contributed by atoms with Gasteiger partial charge >= 0.3 is 6.09 Å². The van der Waals surface area contributed by atoms with Gasteiger partial charge in [0, 0.05) is 6.54 Å². The molecule has 1 aromatic carbocycles. The Balaban J connectivity index is 2.15. The van der Waals surface area contributed by atoms with Crippen molar-refractivity contribution in [1.82, 2.24) is 4.90 Å². The summed E-state index contributed by atoms with van der Waals surface area (Å²) in [4.78, 5) is 13.8. The number of morpholine rings is 1. The molecule has 2 rings (SSSR count). The molecule has 1 N–H and O–H groups in total. The largest absolute Gasteiger partial charge is 0.444 e. The molecule has 0 radical (unpaired) electrons. The van der Waals surface area contributed by atoms with Gasteiger partial charge in [-0.3, -0.25) is 4.90 Å². The van der Waals surface area contributed by atoms with Crippen molar-refractivity contribution < 1.29 is 23.8 Å². The Labute approximate surface area is 129 Å². The molecule has 6 heteroatoms. The third-order valence-electron chi connectivity index (χ3n) is 3.37. The van der Waals surface area contributed by atoms with Crippen LogP contribution in [0, 0.1) is 5.82 Å². The van der Waals surface area contributed by atoms with E-state index in [1.165, 1.54) is 29.2 Å². The molecule has 122 valence electrons. The zero-order chi connectivity index (χ0) is 16.3. The van der Waals surface area contributed by atoms with Crippen LogP contribution in [0.15, 0.2) is 24.3 Å². The Bertz CT molecular complexity index is 512. The van der Waals surface area contributed by atoms with E-state index in [4.69, 9.17) is 9.47 Å². The van der Waals surface area contributed by atoms with E-state index in [0.29, 0.717) is 18.7 Å². The van der Waals surface area contributed by atoms with Crippen molar-refractivity contribution in [2.75, 3.05) is 19.8 Å². The lowest BCUT2D eigenvalue weighted by Crippen LogP contribution is -2.52. The van der Waals surface area contributed by atoms with E-state index in [9.17, 15) is 14.3 Å². The average molecular weight is 311 g/mol. The molecular formula is C16H22FNO4. The van der Waals surface area contributed by atoms with Gasteiger partial charge in [-0.25, -0.2) is 9.18 Å². The number of hydrogen-bond donors (Lipinski definition) is 1. The van der Waals surface area contributed by atoms with E-state index in [1.807, 2.05) is 0 Å². The molecule has 1 fully saturated rings. The molecule has 0 bridgehead atoms. The minimum absolute atomic E-state index is 0.206. The molecule has 1 heterocycles. The highest BCUT2D eigenvalue weighted by Crippen LogP contribution is 2.25. The maximum absolute atomic E-state index is 13.0. The third-order valence-corrected chi connectivity index (χ3v) is 3.37. The van der Waals surface area contributed by atoms with Crippen LogP contribution < -0.4 is 0 Å². The van der Waals surface area contributed by atoms with Crippen LogP contribution in [0.4, 0.5) is 9.18 Å². The number of benzene rings is 1. The van der Waals surface area contributed by atoms with Gasteiger partial charge in [-0.1, -0.05) is 12.1 Å². The van der Waals surface area contributed by atoms with Gasteiger partial charge in [0.1, 0.15) is 17.5 Å². The molecule has 1 aliphatic rings. The highest BCUT2D eigenvalue weighted by Gasteiger charge is 2.35. The first-order chi connectivity index (χ1) is 10.3. The summed E-state index contributed by atoms with van der Waals surface area (Å²) in [6.45, 7) is 6.31. The molecule has 0 saturated carbocycles. The number of halogens is 1. The van der Waals surface area contributed by atoms with Gasteiger partial charge in [-0.05, 0) is 38.5 Å². The fourth-order valence-corrected chi connectivity index (χ4v) is 2.31. The topological polar surface area (TPSA) is 59.0 Å². The van der Waals surface area contributed by atoms with Crippen molar-refractivity contribution in [2.45, 2.75) is 38.5 Å². The van der Waals surface area contributed by atoms with Crippen LogP contribution in [-0.2, 0) is 9.47 Å². The maximum atomic E-state index is 13.0. The minimum atomic E-state index is -0.964. The fraction of sp³-hybridized carbons (Fsp3) is 0.562. The smallest absolute Gasteiger partial charge is 0.410 e. The summed E-state index contributed by atoms with van der Waals surface area (Å²) >= 11 is 0. The molecule has 2 unspecified atom stereocenters. The van der Waals surface area contributed by atoms with Gasteiger partial charge in [0.2, 0.25) is 0 Å². The van der Waals surface area contributed by atoms with Crippen LogP contribution in [-0.4, -0.2) is 47.5 Å². The first-order valence-electron chi connectivity index (χ1n) is 7.29. The molecule has 5 nitrogen and oxygen atoms in total. The second-order valence-corrected chi connectivity index (χ2v) is 6.31. The molecule has 22 heavy (non-hydrogen) atoms. The summed E-state index contributed by atoms with van der Waals surface area (Å²) in [6.07, 6.45) is -1.45. The van der Waals surface area contributed by atoms with Gasteiger partial charge in [-0.15, -0.1) is 0 Å². The van der Waals surface area contributed by atoms with Crippen molar-refractivity contribution >= 4 is 6.09 Å². The van der Waals surface area contributed by atoms with E-state index in [1.54, 1.807) is 20.8 Å². The van der Waals surface area contributed by atoms with Gasteiger partial charge in [0.05, 0.1) is 19.3 Å². The average Bonchev–Trinajstić information content (AvgIpc) is 2.45. The Morgan fingerprint density at radius 2 is 2.05 bits per heavy atom. The van der Waals surface area contributed by atoms with Crippen molar-refractivity contribution in [3.8, 4) is 0 Å². The number of amides is 1. The highest BCUT2D eigenvalue weighted by molar-refractivity contribution is 5.68. The van der Waals surface area contributed by atoms with Crippen molar-refractivity contribution in [3.63, 3.8) is 0 Å². The summed E-state index contributed by atoms with van der Waals surface area (Å²) < 4.78 is 23.7. The molecule has 0 spiro atoms. The molecule has 0 aromatic heterocycles. The Hall–Kier alpha value is -1.66. The summed E-state index contributed by atoms with van der Waals surface area (Å²) in [6, 6.07) is 5.00. The van der Waals surface area contributed by atoms with Crippen LogP contribution >= 0.6 is 0 Å². The van der Waals surface area contributed by atoms with Gasteiger partial charge in [-0.2, -0.15) is 0 Å². The summed E-state index contributed by atoms with van der Waals surface area (Å²) in [5, 5.41) is 10.5. The monoisotopic (exact) mass is 311 g/mol. The van der Waals surface area contributed by atoms with E-state index in [2.05, 4.69) is 0 Å². The summed E-state index contributed by atoms with van der Waals surface area (Å²) in [5.74, 6) is -0.375. The lowest BCUT2D eigenvalue weighted by molar-refractivity contribution is -0.0672. The Morgan fingerprint density at radius 1 is 1.41 bits per heavy atom. The summed E-state index contributed by atoms with van der Waals surface area (Å²) in [5.41, 5.74) is -0.0775. The number of nitrogens with zero attached hydrogens (tertiary/aromatic N) is 1. The molecule has 1 saturated heterocycles. The number of carbonyl (C=O) groups is 1. The highest BCUT2D eigenvalue weighted by atomic mass is 19.1. The number of rotatable bonds is 2. The normalized spacial score (nSPS) is 20.6. The Morgan fingerprint density at radius 3 is 2.64 bits per heavy atom. The SMILES string of the molecule is CC(C)(C)OC(=O)N1CCOCC1C(O)c1ccc(F)cc1. The number of aliphatic hydroxyl groups excluding tert-OH is 1. The molecule has 2 atom stereocenters. The number of aliphatic hydroxyl groups is 1. The second kappa shape index (κ2) is 6.62. The minimum Gasteiger partial charge on any atom is -0.444 e. The lowest BCUT2D eigenvalue weighted by Gasteiger charge is -2.38. The van der Waals surface area contributed by atoms with Crippen LogP contribution in [0.5, 0.6) is 0 Å². The number of carbonyl (C=O) groups excluding carboxylic acids is 1. The molecule has 1 amide bonds. The van der Waals surface area contributed by atoms with Crippen LogP contribution in [0.25, 0.3) is 0 Å². The fourth-order valence-electron chi connectivity index (χ4n) is 2.31. The van der Waals surface area contributed by atoms with Crippen molar-refractivity contribution in [3.05, 3.63) is 35.6 Å². The summed E-state index contributed by atoms with van der Waals surface area (Å²) in [7, 11) is 0. The standard InChI is InChI=1S/C16H22FNO4/c1-16(2,3)22-15(20)18-8-9-21-10-13(18)14(19)11-4-6-12(17)7-5-11/h4-7,13-14,19H,8-10H2,1-3H3. The predicted octanol–water partition coefficient (Wildman–Crippen LogP) is 2.50. The lowest BCUT2D eigenvalue weighted by atomic mass is 10.0. The zero-order valence-corrected chi connectivity index (χ0v) is 13.1. The van der Waals surface area contributed by atoms with E-state index < -0.39 is 23.8 Å². The predicted molar refractivity (Wildman–Crippen MR) is 78.9 cm³/mol. The van der Waals surface area contributed by atoms with E-state index >= 15 is 0 Å². The molecular weight excluding hydrogens is 289 g/mol. The zero-order valence-electron chi connectivity index (χ0n) is 13.1. The van der Waals surface area contributed by atoms with Gasteiger partial charge < -0.3 is 14.6 Å². The first-order valence-corrected chi connectivity index (χ1v) is 7.29. The quantitative estimate of drug-likeness (QED) is 0.911. The van der Waals surface area contributed by atoms with E-state index in [-0.39, 0.29) is 12.4 Å². The molecule has 0 aliphatic carbocycles. The van der Waals surface area contributed by atoms with Gasteiger partial charge in [0.25, 0.3) is 0 Å². The van der Waals surface area contributed by atoms with Crippen LogP contribution in [0.2, 0.25) is 0 Å². The number of hydrogen-bond acceptors (Lipinski definition) is 4. The first kappa shape index (κ1) is 16.7. The Kier molecular flexibility index (Phi) is 5.03. The number of ether oxygens (including phenoxy) is 2. The maximum Gasteiger partial charge on any atom is 0.410 e. The van der Waals surface area contributed by atoms with E-state index in [0.717, 1.165) is 0 Å². The van der Waals surface area contributed by atoms with Crippen LogP contribution in [0.3, 0.4) is 0 Å². The third kappa shape index (κ3) is 4.18. The molecule has 1 aromatic rings. The van der Waals surface area contributed by atoms with Gasteiger partial charge in [0.15, 0.2) is 0 Å². The van der Waals surface area contributed by atoms with Crippen LogP contribution in [0.1, 0.15) is 32.4 Å². The molecule has 1 aliphatic heterocycles.